The summed E-state index contributed by atoms with van der Waals surface area (Å²) in [6, 6.07) is 0. The molecule has 0 aromatic rings. The lowest BCUT2D eigenvalue weighted by Crippen LogP contribution is -2.48. The van der Waals surface area contributed by atoms with Gasteiger partial charge in [0.1, 0.15) is 0 Å². The second kappa shape index (κ2) is 5.57. The maximum absolute atomic E-state index is 11.8. The molecule has 2 fully saturated rings. The van der Waals surface area contributed by atoms with Gasteiger partial charge >= 0.3 is 0 Å². The van der Waals surface area contributed by atoms with E-state index in [1.807, 2.05) is 0 Å². The Morgan fingerprint density at radius 2 is 2.11 bits per heavy atom. The van der Waals surface area contributed by atoms with Crippen LogP contribution >= 0.6 is 0 Å². The van der Waals surface area contributed by atoms with E-state index < -0.39 is 10.0 Å². The van der Waals surface area contributed by atoms with E-state index in [9.17, 15) is 8.42 Å². The van der Waals surface area contributed by atoms with Crippen LogP contribution in [-0.2, 0) is 14.8 Å². The highest BCUT2D eigenvalue weighted by atomic mass is 32.2. The molecular weight excluding hydrogens is 250 g/mol. The molecule has 1 saturated heterocycles. The number of ether oxygens (including phenoxy) is 1. The monoisotopic (exact) mass is 271 g/mol. The number of hydrogen-bond donors (Lipinski definition) is 1. The Hall–Kier alpha value is -0.610. The van der Waals surface area contributed by atoms with Gasteiger partial charge in [-0.2, -0.15) is 0 Å². The van der Waals surface area contributed by atoms with Crippen molar-refractivity contribution in [2.45, 2.75) is 50.2 Å². The van der Waals surface area contributed by atoms with E-state index in [1.165, 1.54) is 6.42 Å². The molecule has 1 spiro atoms. The minimum absolute atomic E-state index is 0.0133. The third-order valence-corrected chi connectivity index (χ3v) is 5.21. The molecule has 0 aromatic heterocycles. The first kappa shape index (κ1) is 13.8. The molecule has 2 rings (SSSR count). The van der Waals surface area contributed by atoms with Crippen molar-refractivity contribution in [1.82, 2.24) is 4.72 Å². The Kier molecular flexibility index (Phi) is 4.28. The molecule has 4 nitrogen and oxygen atoms in total. The minimum atomic E-state index is -3.26. The van der Waals surface area contributed by atoms with Crippen LogP contribution in [0.5, 0.6) is 0 Å². The summed E-state index contributed by atoms with van der Waals surface area (Å²) in [5, 5.41) is 0. The van der Waals surface area contributed by atoms with E-state index in [4.69, 9.17) is 4.74 Å². The highest BCUT2D eigenvalue weighted by Crippen LogP contribution is 2.44. The van der Waals surface area contributed by atoms with Crippen molar-refractivity contribution in [2.75, 3.05) is 12.3 Å². The van der Waals surface area contributed by atoms with Gasteiger partial charge in [-0.05, 0) is 44.6 Å². The van der Waals surface area contributed by atoms with Gasteiger partial charge < -0.3 is 4.74 Å². The predicted molar refractivity (Wildman–Crippen MR) is 70.8 cm³/mol. The summed E-state index contributed by atoms with van der Waals surface area (Å²) in [4.78, 5) is 0. The lowest BCUT2D eigenvalue weighted by Gasteiger charge is -2.47. The fourth-order valence-electron chi connectivity index (χ4n) is 2.72. The maximum atomic E-state index is 11.8. The zero-order valence-corrected chi connectivity index (χ0v) is 11.5. The summed E-state index contributed by atoms with van der Waals surface area (Å²) in [5.74, 6) is 0.0692. The van der Waals surface area contributed by atoms with Crippen LogP contribution in [0.4, 0.5) is 0 Å². The van der Waals surface area contributed by atoms with E-state index in [-0.39, 0.29) is 24.0 Å². The van der Waals surface area contributed by atoms with Crippen LogP contribution in [0.1, 0.15) is 38.5 Å². The smallest absolute Gasteiger partial charge is 0.214 e. The second-order valence-corrected chi connectivity index (χ2v) is 7.06. The maximum Gasteiger partial charge on any atom is 0.214 e. The van der Waals surface area contributed by atoms with E-state index >= 15 is 0 Å². The van der Waals surface area contributed by atoms with Crippen molar-refractivity contribution in [3.05, 3.63) is 18.4 Å². The second-order valence-electron chi connectivity index (χ2n) is 5.21. The highest BCUT2D eigenvalue weighted by molar-refractivity contribution is 7.89. The Bertz CT molecular complexity index is 433. The van der Waals surface area contributed by atoms with Crippen LogP contribution in [0.25, 0.3) is 0 Å². The van der Waals surface area contributed by atoms with E-state index in [0.29, 0.717) is 0 Å². The topological polar surface area (TPSA) is 55.4 Å². The zero-order chi connectivity index (χ0) is 13.1. The standard InChI is InChI=1S/C13H21NO3S/c1-2-3-10-14-18(15,16)11-12-6-4-7-13(17-12)8-5-9-13/h3,12,14H,1,4-11H2. The molecule has 2 aliphatic rings. The van der Waals surface area contributed by atoms with Gasteiger partial charge in [0.25, 0.3) is 0 Å². The number of sulfonamides is 1. The quantitative estimate of drug-likeness (QED) is 0.775. The van der Waals surface area contributed by atoms with E-state index in [0.717, 1.165) is 32.1 Å². The summed E-state index contributed by atoms with van der Waals surface area (Å²) >= 11 is 0. The molecule has 1 aliphatic heterocycles. The van der Waals surface area contributed by atoms with Gasteiger partial charge in [-0.1, -0.05) is 6.58 Å². The molecule has 18 heavy (non-hydrogen) atoms. The minimum Gasteiger partial charge on any atom is -0.371 e. The highest BCUT2D eigenvalue weighted by Gasteiger charge is 2.42. The van der Waals surface area contributed by atoms with Crippen LogP contribution in [0.3, 0.4) is 0 Å². The molecule has 1 aliphatic carbocycles. The summed E-state index contributed by atoms with van der Waals surface area (Å²) < 4.78 is 32.2. The molecule has 102 valence electrons. The van der Waals surface area contributed by atoms with Crippen LogP contribution in [0.2, 0.25) is 0 Å². The molecule has 5 heteroatoms. The van der Waals surface area contributed by atoms with Crippen LogP contribution in [0.15, 0.2) is 18.4 Å². The zero-order valence-electron chi connectivity index (χ0n) is 10.7. The average Bonchev–Trinajstić information content (AvgIpc) is 2.27. The van der Waals surface area contributed by atoms with Crippen LogP contribution in [-0.4, -0.2) is 32.4 Å². The lowest BCUT2D eigenvalue weighted by atomic mass is 9.74. The molecule has 1 heterocycles. The summed E-state index contributed by atoms with van der Waals surface area (Å²) in [6.07, 6.45) is 7.83. The first-order valence-corrected chi connectivity index (χ1v) is 8.20. The third kappa shape index (κ3) is 3.45. The average molecular weight is 271 g/mol. The fraction of sp³-hybridized carbons (Fsp3) is 0.769. The van der Waals surface area contributed by atoms with E-state index in [1.54, 1.807) is 6.08 Å². The third-order valence-electron chi connectivity index (χ3n) is 3.79. The molecule has 1 unspecified atom stereocenters. The molecule has 0 radical (unpaired) electrons. The Labute approximate surface area is 109 Å². The van der Waals surface area contributed by atoms with Gasteiger partial charge in [-0.3, -0.25) is 0 Å². The molecule has 0 amide bonds. The first-order chi connectivity index (χ1) is 8.55. The Morgan fingerprint density at radius 3 is 2.72 bits per heavy atom. The Morgan fingerprint density at radius 1 is 1.39 bits per heavy atom. The van der Waals surface area contributed by atoms with Crippen molar-refractivity contribution in [1.29, 1.82) is 0 Å². The first-order valence-electron chi connectivity index (χ1n) is 6.55. The number of nitrogens with one attached hydrogen (secondary N) is 1. The fourth-order valence-corrected chi connectivity index (χ4v) is 3.90. The van der Waals surface area contributed by atoms with Gasteiger partial charge in [0.15, 0.2) is 0 Å². The largest absolute Gasteiger partial charge is 0.371 e. The summed E-state index contributed by atoms with van der Waals surface area (Å²) in [5.41, 5.74) is 2.56. The number of rotatable bonds is 5. The van der Waals surface area contributed by atoms with Gasteiger partial charge in [0, 0.05) is 6.54 Å². The molecular formula is C13H21NO3S. The molecule has 1 atom stereocenters. The Balaban J connectivity index is 1.86. The van der Waals surface area contributed by atoms with E-state index in [2.05, 4.69) is 17.0 Å². The molecule has 0 bridgehead atoms. The lowest BCUT2D eigenvalue weighted by molar-refractivity contribution is -0.161. The van der Waals surface area contributed by atoms with Crippen LogP contribution in [0, 0.1) is 0 Å². The normalized spacial score (nSPS) is 26.3. The SMILES string of the molecule is C=C=CCNS(=O)(=O)CC1CCCC2(CCC2)O1. The van der Waals surface area contributed by atoms with Gasteiger partial charge in [-0.25, -0.2) is 13.1 Å². The van der Waals surface area contributed by atoms with Crippen molar-refractivity contribution in [3.63, 3.8) is 0 Å². The van der Waals surface area contributed by atoms with Gasteiger partial charge in [0.2, 0.25) is 10.0 Å². The van der Waals surface area contributed by atoms with Crippen molar-refractivity contribution in [3.8, 4) is 0 Å². The molecule has 1 N–H and O–H groups in total. The van der Waals surface area contributed by atoms with Gasteiger partial charge in [0.05, 0.1) is 17.5 Å². The van der Waals surface area contributed by atoms with Crippen molar-refractivity contribution >= 4 is 10.0 Å². The van der Waals surface area contributed by atoms with Gasteiger partial charge in [-0.15, -0.1) is 5.73 Å². The summed E-state index contributed by atoms with van der Waals surface area (Å²) in [6.45, 7) is 3.65. The molecule has 0 aromatic carbocycles. The van der Waals surface area contributed by atoms with Crippen molar-refractivity contribution < 1.29 is 13.2 Å². The predicted octanol–water partition coefficient (Wildman–Crippen LogP) is 1.74. The molecule has 1 saturated carbocycles. The summed E-state index contributed by atoms with van der Waals surface area (Å²) in [7, 11) is -3.26. The van der Waals surface area contributed by atoms with Crippen molar-refractivity contribution in [2.24, 2.45) is 0 Å². The van der Waals surface area contributed by atoms with Crippen LogP contribution < -0.4 is 4.72 Å². The number of hydrogen-bond acceptors (Lipinski definition) is 3.